The minimum absolute atomic E-state index is 0.0416. The number of aryl methyl sites for hydroxylation is 1. The van der Waals surface area contributed by atoms with Gasteiger partial charge in [0.05, 0.1) is 0 Å². The zero-order valence-corrected chi connectivity index (χ0v) is 11.7. The normalized spacial score (nSPS) is 10.2. The smallest absolute Gasteiger partial charge is 0.226 e. The summed E-state index contributed by atoms with van der Waals surface area (Å²) in [5.74, 6) is 0.462. The molecule has 18 heavy (non-hydrogen) atoms. The van der Waals surface area contributed by atoms with E-state index in [0.717, 1.165) is 18.5 Å². The van der Waals surface area contributed by atoms with Crippen molar-refractivity contribution in [3.8, 4) is 0 Å². The van der Waals surface area contributed by atoms with Crippen LogP contribution in [0.3, 0.4) is 0 Å². The van der Waals surface area contributed by atoms with Gasteiger partial charge in [-0.3, -0.25) is 4.79 Å². The minimum Gasteiger partial charge on any atom is -0.362 e. The number of rotatable bonds is 5. The molecular formula is C14H20N2OS. The lowest BCUT2D eigenvalue weighted by molar-refractivity contribution is -0.119. The van der Waals surface area contributed by atoms with E-state index in [1.165, 1.54) is 0 Å². The molecule has 1 aromatic rings. The number of hydrogen-bond acceptors (Lipinski definition) is 2. The van der Waals surface area contributed by atoms with Crippen LogP contribution in [-0.2, 0) is 11.2 Å². The predicted octanol–water partition coefficient (Wildman–Crippen LogP) is 2.27. The summed E-state index contributed by atoms with van der Waals surface area (Å²) in [5, 5.41) is 6.12. The summed E-state index contributed by atoms with van der Waals surface area (Å²) in [6.45, 7) is 4.96. The third kappa shape index (κ3) is 6.35. The maximum absolute atomic E-state index is 11.6. The fourth-order valence-corrected chi connectivity index (χ4v) is 1.63. The van der Waals surface area contributed by atoms with E-state index in [9.17, 15) is 4.79 Å². The molecule has 0 aliphatic rings. The van der Waals surface area contributed by atoms with E-state index in [1.54, 1.807) is 0 Å². The number of benzene rings is 1. The highest BCUT2D eigenvalue weighted by Gasteiger charge is 2.05. The molecule has 0 aliphatic carbocycles. The van der Waals surface area contributed by atoms with Gasteiger partial charge in [0.2, 0.25) is 5.91 Å². The molecule has 0 spiro atoms. The molecular weight excluding hydrogens is 244 g/mol. The number of carbonyl (C=O) groups is 1. The molecule has 0 unspecified atom stereocenters. The van der Waals surface area contributed by atoms with Crippen molar-refractivity contribution in [2.75, 3.05) is 6.54 Å². The highest BCUT2D eigenvalue weighted by atomic mass is 32.1. The summed E-state index contributed by atoms with van der Waals surface area (Å²) < 4.78 is 0. The molecule has 0 radical (unpaired) electrons. The first-order valence-electron chi connectivity index (χ1n) is 6.19. The Kier molecular flexibility index (Phi) is 6.36. The van der Waals surface area contributed by atoms with Gasteiger partial charge in [-0.15, -0.1) is 0 Å². The molecule has 98 valence electrons. The average Bonchev–Trinajstić information content (AvgIpc) is 2.35. The van der Waals surface area contributed by atoms with Crippen LogP contribution in [0.15, 0.2) is 30.3 Å². The molecule has 0 aromatic heterocycles. The van der Waals surface area contributed by atoms with Gasteiger partial charge in [-0.05, 0) is 30.1 Å². The molecule has 1 amide bonds. The van der Waals surface area contributed by atoms with Gasteiger partial charge in [0, 0.05) is 13.0 Å². The second-order valence-electron chi connectivity index (χ2n) is 4.64. The van der Waals surface area contributed by atoms with Crippen LogP contribution in [0.4, 0.5) is 0 Å². The molecule has 1 rings (SSSR count). The Morgan fingerprint density at radius 1 is 1.28 bits per heavy atom. The first-order valence-corrected chi connectivity index (χ1v) is 6.60. The van der Waals surface area contributed by atoms with Crippen molar-refractivity contribution < 1.29 is 4.79 Å². The summed E-state index contributed by atoms with van der Waals surface area (Å²) in [5.41, 5.74) is 1.16. The maximum Gasteiger partial charge on any atom is 0.226 e. The van der Waals surface area contributed by atoms with E-state index in [4.69, 9.17) is 12.2 Å². The van der Waals surface area contributed by atoms with E-state index in [2.05, 4.69) is 24.5 Å². The molecule has 0 aliphatic heterocycles. The molecule has 1 aromatic carbocycles. The van der Waals surface area contributed by atoms with E-state index < -0.39 is 0 Å². The van der Waals surface area contributed by atoms with E-state index in [1.807, 2.05) is 30.3 Å². The van der Waals surface area contributed by atoms with Crippen molar-refractivity contribution in [3.05, 3.63) is 35.9 Å². The summed E-state index contributed by atoms with van der Waals surface area (Å²) in [6.07, 6.45) is 1.19. The zero-order valence-electron chi connectivity index (χ0n) is 10.9. The SMILES string of the molecule is CC(C)CNC(=S)NC(=O)CCc1ccccc1. The van der Waals surface area contributed by atoms with Crippen LogP contribution in [-0.4, -0.2) is 17.6 Å². The summed E-state index contributed by atoms with van der Waals surface area (Å²) in [6, 6.07) is 9.95. The second kappa shape index (κ2) is 7.82. The Bertz CT molecular complexity index is 390. The maximum atomic E-state index is 11.6. The lowest BCUT2D eigenvalue weighted by Gasteiger charge is -2.11. The van der Waals surface area contributed by atoms with Gasteiger partial charge in [0.1, 0.15) is 0 Å². The van der Waals surface area contributed by atoms with Crippen molar-refractivity contribution in [3.63, 3.8) is 0 Å². The molecule has 4 heteroatoms. The van der Waals surface area contributed by atoms with Crippen LogP contribution >= 0.6 is 12.2 Å². The van der Waals surface area contributed by atoms with E-state index >= 15 is 0 Å². The highest BCUT2D eigenvalue weighted by molar-refractivity contribution is 7.80. The molecule has 0 atom stereocenters. The van der Waals surface area contributed by atoms with Gasteiger partial charge in [-0.2, -0.15) is 0 Å². The van der Waals surface area contributed by atoms with Crippen LogP contribution in [0.25, 0.3) is 0 Å². The van der Waals surface area contributed by atoms with Crippen molar-refractivity contribution in [1.29, 1.82) is 0 Å². The molecule has 0 saturated heterocycles. The Morgan fingerprint density at radius 3 is 2.56 bits per heavy atom. The van der Waals surface area contributed by atoms with Gasteiger partial charge in [-0.25, -0.2) is 0 Å². The van der Waals surface area contributed by atoms with Gasteiger partial charge in [0.15, 0.2) is 5.11 Å². The largest absolute Gasteiger partial charge is 0.362 e. The predicted molar refractivity (Wildman–Crippen MR) is 78.3 cm³/mol. The van der Waals surface area contributed by atoms with Gasteiger partial charge in [0.25, 0.3) is 0 Å². The number of amides is 1. The Morgan fingerprint density at radius 2 is 1.94 bits per heavy atom. The van der Waals surface area contributed by atoms with E-state index in [-0.39, 0.29) is 5.91 Å². The fraction of sp³-hybridized carbons (Fsp3) is 0.429. The minimum atomic E-state index is -0.0416. The van der Waals surface area contributed by atoms with Crippen molar-refractivity contribution >= 4 is 23.2 Å². The van der Waals surface area contributed by atoms with Crippen LogP contribution in [0.1, 0.15) is 25.8 Å². The van der Waals surface area contributed by atoms with Gasteiger partial charge in [-0.1, -0.05) is 44.2 Å². The molecule has 0 fully saturated rings. The highest BCUT2D eigenvalue weighted by Crippen LogP contribution is 2.01. The summed E-state index contributed by atoms with van der Waals surface area (Å²) in [4.78, 5) is 11.6. The number of hydrogen-bond donors (Lipinski definition) is 2. The third-order valence-corrected chi connectivity index (χ3v) is 2.65. The number of thiocarbonyl (C=S) groups is 1. The van der Waals surface area contributed by atoms with Crippen molar-refractivity contribution in [2.45, 2.75) is 26.7 Å². The second-order valence-corrected chi connectivity index (χ2v) is 5.05. The van der Waals surface area contributed by atoms with E-state index in [0.29, 0.717) is 17.5 Å². The lowest BCUT2D eigenvalue weighted by atomic mass is 10.1. The Labute approximate surface area is 114 Å². The lowest BCUT2D eigenvalue weighted by Crippen LogP contribution is -2.40. The third-order valence-electron chi connectivity index (χ3n) is 2.41. The quantitative estimate of drug-likeness (QED) is 0.802. The Balaban J connectivity index is 2.23. The van der Waals surface area contributed by atoms with Crippen molar-refractivity contribution in [1.82, 2.24) is 10.6 Å². The molecule has 0 saturated carbocycles. The standard InChI is InChI=1S/C14H20N2OS/c1-11(2)10-15-14(18)16-13(17)9-8-12-6-4-3-5-7-12/h3-7,11H,8-10H2,1-2H3,(H2,15,16,17,18). The zero-order chi connectivity index (χ0) is 13.4. The fourth-order valence-electron chi connectivity index (χ4n) is 1.43. The monoisotopic (exact) mass is 264 g/mol. The number of carbonyl (C=O) groups excluding carboxylic acids is 1. The molecule has 0 bridgehead atoms. The first-order chi connectivity index (χ1) is 8.58. The average molecular weight is 264 g/mol. The summed E-state index contributed by atoms with van der Waals surface area (Å²) in [7, 11) is 0. The first kappa shape index (κ1) is 14.6. The molecule has 2 N–H and O–H groups in total. The topological polar surface area (TPSA) is 41.1 Å². The summed E-state index contributed by atoms with van der Waals surface area (Å²) >= 11 is 5.04. The van der Waals surface area contributed by atoms with Crippen molar-refractivity contribution in [2.24, 2.45) is 5.92 Å². The van der Waals surface area contributed by atoms with Gasteiger partial charge >= 0.3 is 0 Å². The van der Waals surface area contributed by atoms with Crippen LogP contribution in [0.2, 0.25) is 0 Å². The van der Waals surface area contributed by atoms with Crippen LogP contribution in [0.5, 0.6) is 0 Å². The van der Waals surface area contributed by atoms with Gasteiger partial charge < -0.3 is 10.6 Å². The van der Waals surface area contributed by atoms with Crippen LogP contribution in [0, 0.1) is 5.92 Å². The Hall–Kier alpha value is -1.42. The number of nitrogens with one attached hydrogen (secondary N) is 2. The molecule has 0 heterocycles. The van der Waals surface area contributed by atoms with Crippen LogP contribution < -0.4 is 10.6 Å². The molecule has 3 nitrogen and oxygen atoms in total.